The first-order valence-corrected chi connectivity index (χ1v) is 9.13. The molecule has 1 aliphatic heterocycles. The van der Waals surface area contributed by atoms with E-state index in [-0.39, 0.29) is 11.9 Å². The van der Waals surface area contributed by atoms with Crippen LogP contribution >= 0.6 is 15.9 Å². The monoisotopic (exact) mass is 364 g/mol. The van der Waals surface area contributed by atoms with E-state index in [1.54, 1.807) is 6.07 Å². The van der Waals surface area contributed by atoms with Gasteiger partial charge in [0.15, 0.2) is 0 Å². The highest BCUT2D eigenvalue weighted by Crippen LogP contribution is 2.17. The molecule has 20 heavy (non-hydrogen) atoms. The Labute approximate surface area is 127 Å². The van der Waals surface area contributed by atoms with Crippen molar-refractivity contribution in [2.45, 2.75) is 25.4 Å². The summed E-state index contributed by atoms with van der Waals surface area (Å²) in [5.74, 6) is -0.236. The van der Waals surface area contributed by atoms with E-state index in [0.717, 1.165) is 17.3 Å². The Bertz CT molecular complexity index is 572. The topological polar surface area (TPSA) is 49.4 Å². The van der Waals surface area contributed by atoms with Crippen molar-refractivity contribution in [2.75, 3.05) is 19.3 Å². The van der Waals surface area contributed by atoms with Gasteiger partial charge >= 0.3 is 0 Å². The van der Waals surface area contributed by atoms with Crippen LogP contribution in [0.5, 0.6) is 0 Å². The van der Waals surface area contributed by atoms with E-state index in [1.807, 2.05) is 6.07 Å². The van der Waals surface area contributed by atoms with Gasteiger partial charge in [0.05, 0.1) is 6.26 Å². The number of rotatable bonds is 4. The minimum Gasteiger partial charge on any atom is -0.310 e. The Morgan fingerprint density at radius 2 is 2.05 bits per heavy atom. The SMILES string of the molecule is CS(=O)(=O)N1CCC(NCc2ccc(Br)cc2F)CC1. The van der Waals surface area contributed by atoms with Crippen LogP contribution in [0.25, 0.3) is 0 Å². The van der Waals surface area contributed by atoms with Crippen LogP contribution in [0.3, 0.4) is 0 Å². The van der Waals surface area contributed by atoms with Crippen molar-refractivity contribution in [3.8, 4) is 0 Å². The van der Waals surface area contributed by atoms with Gasteiger partial charge in [-0.2, -0.15) is 0 Å². The lowest BCUT2D eigenvalue weighted by Gasteiger charge is -2.30. The summed E-state index contributed by atoms with van der Waals surface area (Å²) in [7, 11) is -3.09. The van der Waals surface area contributed by atoms with Crippen LogP contribution in [0.15, 0.2) is 22.7 Å². The molecule has 0 aromatic heterocycles. The summed E-state index contributed by atoms with van der Waals surface area (Å²) >= 11 is 3.23. The molecule has 0 saturated carbocycles. The number of sulfonamides is 1. The fourth-order valence-corrected chi connectivity index (χ4v) is 3.52. The number of hydrogen-bond donors (Lipinski definition) is 1. The molecule has 1 aromatic rings. The van der Waals surface area contributed by atoms with Crippen molar-refractivity contribution in [3.05, 3.63) is 34.1 Å². The molecule has 0 bridgehead atoms. The lowest BCUT2D eigenvalue weighted by Crippen LogP contribution is -2.44. The molecule has 1 aliphatic rings. The standard InChI is InChI=1S/C13H18BrFN2O2S/c1-20(18,19)17-6-4-12(5-7-17)16-9-10-2-3-11(14)8-13(10)15/h2-3,8,12,16H,4-7,9H2,1H3. The molecule has 1 N–H and O–H groups in total. The number of piperidine rings is 1. The van der Waals surface area contributed by atoms with Crippen LogP contribution in [0.4, 0.5) is 4.39 Å². The first-order valence-electron chi connectivity index (χ1n) is 6.48. The molecule has 0 spiro atoms. The molecule has 1 fully saturated rings. The van der Waals surface area contributed by atoms with Gasteiger partial charge in [-0.1, -0.05) is 22.0 Å². The van der Waals surface area contributed by atoms with Gasteiger partial charge in [0, 0.05) is 35.7 Å². The van der Waals surface area contributed by atoms with Gasteiger partial charge in [0.25, 0.3) is 0 Å². The summed E-state index contributed by atoms with van der Waals surface area (Å²) in [4.78, 5) is 0. The van der Waals surface area contributed by atoms with Gasteiger partial charge < -0.3 is 5.32 Å². The van der Waals surface area contributed by atoms with Crippen molar-refractivity contribution in [1.29, 1.82) is 0 Å². The van der Waals surface area contributed by atoms with Gasteiger partial charge in [-0.25, -0.2) is 17.1 Å². The molecule has 1 saturated heterocycles. The molecule has 4 nitrogen and oxygen atoms in total. The maximum atomic E-state index is 13.7. The molecule has 0 amide bonds. The lowest BCUT2D eigenvalue weighted by atomic mass is 10.1. The van der Waals surface area contributed by atoms with Crippen molar-refractivity contribution in [3.63, 3.8) is 0 Å². The number of nitrogens with one attached hydrogen (secondary N) is 1. The number of hydrogen-bond acceptors (Lipinski definition) is 3. The predicted molar refractivity (Wildman–Crippen MR) is 80.4 cm³/mol. The zero-order valence-corrected chi connectivity index (χ0v) is 13.7. The zero-order chi connectivity index (χ0) is 14.8. The second-order valence-corrected chi connectivity index (χ2v) is 7.95. The summed E-state index contributed by atoms with van der Waals surface area (Å²) in [5.41, 5.74) is 0.624. The maximum absolute atomic E-state index is 13.7. The van der Waals surface area contributed by atoms with E-state index in [1.165, 1.54) is 16.6 Å². The molecular formula is C13H18BrFN2O2S. The highest BCUT2D eigenvalue weighted by Gasteiger charge is 2.24. The Kier molecular flexibility index (Phi) is 5.17. The average molecular weight is 365 g/mol. The Hall–Kier alpha value is -0.500. The predicted octanol–water partition coefficient (Wildman–Crippen LogP) is 2.10. The van der Waals surface area contributed by atoms with E-state index in [9.17, 15) is 12.8 Å². The average Bonchev–Trinajstić information content (AvgIpc) is 2.37. The fourth-order valence-electron chi connectivity index (χ4n) is 2.31. The highest BCUT2D eigenvalue weighted by atomic mass is 79.9. The molecule has 0 aliphatic carbocycles. The van der Waals surface area contributed by atoms with E-state index in [4.69, 9.17) is 0 Å². The molecule has 112 valence electrons. The smallest absolute Gasteiger partial charge is 0.211 e. The van der Waals surface area contributed by atoms with Crippen LogP contribution in [0.2, 0.25) is 0 Å². The highest BCUT2D eigenvalue weighted by molar-refractivity contribution is 9.10. The van der Waals surface area contributed by atoms with E-state index < -0.39 is 10.0 Å². The third-order valence-electron chi connectivity index (χ3n) is 3.52. The second-order valence-electron chi connectivity index (χ2n) is 5.05. The fraction of sp³-hybridized carbons (Fsp3) is 0.538. The first-order chi connectivity index (χ1) is 9.36. The Morgan fingerprint density at radius 3 is 2.60 bits per heavy atom. The van der Waals surface area contributed by atoms with Crippen LogP contribution in [-0.2, 0) is 16.6 Å². The minimum absolute atomic E-state index is 0.232. The Balaban J connectivity index is 1.84. The third-order valence-corrected chi connectivity index (χ3v) is 5.32. The molecule has 0 atom stereocenters. The van der Waals surface area contributed by atoms with Gasteiger partial charge in [-0.3, -0.25) is 0 Å². The van der Waals surface area contributed by atoms with Gasteiger partial charge in [-0.05, 0) is 25.0 Å². The first kappa shape index (κ1) is 15.9. The lowest BCUT2D eigenvalue weighted by molar-refractivity contribution is 0.289. The summed E-state index contributed by atoms with van der Waals surface area (Å²) in [5, 5.41) is 3.29. The molecule has 1 aromatic carbocycles. The minimum atomic E-state index is -3.09. The molecular weight excluding hydrogens is 347 g/mol. The second kappa shape index (κ2) is 6.51. The van der Waals surface area contributed by atoms with Crippen LogP contribution in [0, 0.1) is 5.82 Å². The summed E-state index contributed by atoms with van der Waals surface area (Å²) in [6, 6.07) is 5.24. The van der Waals surface area contributed by atoms with Gasteiger partial charge in [-0.15, -0.1) is 0 Å². The van der Waals surface area contributed by atoms with Crippen LogP contribution in [0.1, 0.15) is 18.4 Å². The molecule has 7 heteroatoms. The van der Waals surface area contributed by atoms with Gasteiger partial charge in [0.1, 0.15) is 5.82 Å². The zero-order valence-electron chi connectivity index (χ0n) is 11.3. The maximum Gasteiger partial charge on any atom is 0.211 e. The quantitative estimate of drug-likeness (QED) is 0.889. The van der Waals surface area contributed by atoms with Crippen LogP contribution < -0.4 is 5.32 Å². The van der Waals surface area contributed by atoms with E-state index in [2.05, 4.69) is 21.2 Å². The van der Waals surface area contributed by atoms with Crippen molar-refractivity contribution >= 4 is 26.0 Å². The van der Waals surface area contributed by atoms with Crippen LogP contribution in [-0.4, -0.2) is 38.1 Å². The molecule has 1 heterocycles. The van der Waals surface area contributed by atoms with Crippen molar-refractivity contribution < 1.29 is 12.8 Å². The van der Waals surface area contributed by atoms with Crippen molar-refractivity contribution in [1.82, 2.24) is 9.62 Å². The summed E-state index contributed by atoms with van der Waals surface area (Å²) < 4.78 is 38.7. The number of benzene rings is 1. The summed E-state index contributed by atoms with van der Waals surface area (Å²) in [6.07, 6.45) is 2.74. The number of nitrogens with zero attached hydrogens (tertiary/aromatic N) is 1. The van der Waals surface area contributed by atoms with E-state index in [0.29, 0.717) is 25.2 Å². The molecule has 0 radical (unpaired) electrons. The summed E-state index contributed by atoms with van der Waals surface area (Å²) in [6.45, 7) is 1.52. The Morgan fingerprint density at radius 1 is 1.40 bits per heavy atom. The molecule has 2 rings (SSSR count). The largest absolute Gasteiger partial charge is 0.310 e. The van der Waals surface area contributed by atoms with Gasteiger partial charge in [0.2, 0.25) is 10.0 Å². The normalized spacial score (nSPS) is 18.4. The number of halogens is 2. The van der Waals surface area contributed by atoms with E-state index >= 15 is 0 Å². The molecule has 0 unspecified atom stereocenters. The third kappa shape index (κ3) is 4.25. The van der Waals surface area contributed by atoms with Crippen molar-refractivity contribution in [2.24, 2.45) is 0 Å².